The van der Waals surface area contributed by atoms with Gasteiger partial charge in [-0.05, 0) is 30.9 Å². The summed E-state index contributed by atoms with van der Waals surface area (Å²) in [5, 5.41) is 3.57. The van der Waals surface area contributed by atoms with E-state index in [1.165, 1.54) is 24.8 Å². The molecule has 2 aliphatic rings. The first-order chi connectivity index (χ1) is 6.92. The van der Waals surface area contributed by atoms with Crippen LogP contribution in [-0.4, -0.2) is 23.2 Å². The first-order valence-electron chi connectivity index (χ1n) is 5.42. The summed E-state index contributed by atoms with van der Waals surface area (Å²) in [5.74, 6) is 0. The molecular weight excluding hydrogens is 176 g/mol. The molecule has 2 fully saturated rings. The molecule has 0 amide bonds. The van der Waals surface area contributed by atoms with Gasteiger partial charge in [0.25, 0.3) is 0 Å². The second-order valence-corrected chi connectivity index (χ2v) is 4.32. The third-order valence-electron chi connectivity index (χ3n) is 3.34. The van der Waals surface area contributed by atoms with Crippen molar-refractivity contribution in [1.82, 2.24) is 10.3 Å². The first-order valence-corrected chi connectivity index (χ1v) is 5.42. The van der Waals surface area contributed by atoms with Gasteiger partial charge < -0.3 is 15.0 Å². The number of fused-ring (bicyclic) bond motifs is 2. The summed E-state index contributed by atoms with van der Waals surface area (Å²) in [4.78, 5) is 3.07. The van der Waals surface area contributed by atoms with E-state index in [1.807, 2.05) is 12.4 Å². The highest BCUT2D eigenvalue weighted by Gasteiger charge is 2.40. The molecule has 0 aromatic carbocycles. The Labute approximate surface area is 83.8 Å². The molecule has 3 atom stereocenters. The molecule has 1 aromatic heterocycles. The maximum Gasteiger partial charge on any atom is 0.0733 e. The average Bonchev–Trinajstić information content (AvgIpc) is 2.91. The predicted octanol–water partition coefficient (Wildman–Crippen LogP) is 1.42. The quantitative estimate of drug-likeness (QED) is 0.760. The summed E-state index contributed by atoms with van der Waals surface area (Å²) in [6.45, 7) is 0.959. The van der Waals surface area contributed by atoms with Crippen LogP contribution in [0.3, 0.4) is 0 Å². The van der Waals surface area contributed by atoms with Gasteiger partial charge in [-0.15, -0.1) is 0 Å². The molecule has 14 heavy (non-hydrogen) atoms. The van der Waals surface area contributed by atoms with E-state index in [0.717, 1.165) is 6.54 Å². The normalized spacial score (nSPS) is 35.3. The maximum atomic E-state index is 5.78. The molecule has 0 aliphatic carbocycles. The molecule has 2 saturated heterocycles. The summed E-state index contributed by atoms with van der Waals surface area (Å²) < 4.78 is 5.78. The van der Waals surface area contributed by atoms with Crippen molar-refractivity contribution in [2.75, 3.05) is 0 Å². The van der Waals surface area contributed by atoms with Crippen LogP contribution in [0, 0.1) is 0 Å². The van der Waals surface area contributed by atoms with E-state index in [-0.39, 0.29) is 0 Å². The molecule has 3 heterocycles. The second kappa shape index (κ2) is 3.41. The van der Waals surface area contributed by atoms with Crippen molar-refractivity contribution in [3.05, 3.63) is 24.0 Å². The smallest absolute Gasteiger partial charge is 0.0733 e. The maximum absolute atomic E-state index is 5.78. The van der Waals surface area contributed by atoms with E-state index >= 15 is 0 Å². The van der Waals surface area contributed by atoms with E-state index in [9.17, 15) is 0 Å². The zero-order valence-electron chi connectivity index (χ0n) is 8.20. The molecule has 0 saturated carbocycles. The Morgan fingerprint density at radius 2 is 2.50 bits per heavy atom. The van der Waals surface area contributed by atoms with Gasteiger partial charge >= 0.3 is 0 Å². The van der Waals surface area contributed by atoms with Gasteiger partial charge in [-0.2, -0.15) is 0 Å². The summed E-state index contributed by atoms with van der Waals surface area (Å²) >= 11 is 0. The minimum Gasteiger partial charge on any atom is -0.373 e. The monoisotopic (exact) mass is 192 g/mol. The Hall–Kier alpha value is -0.800. The zero-order valence-corrected chi connectivity index (χ0v) is 8.20. The molecule has 2 aliphatic heterocycles. The van der Waals surface area contributed by atoms with Gasteiger partial charge in [0.2, 0.25) is 0 Å². The highest BCUT2D eigenvalue weighted by Crippen LogP contribution is 2.34. The third kappa shape index (κ3) is 1.47. The lowest BCUT2D eigenvalue weighted by atomic mass is 9.95. The molecule has 2 N–H and O–H groups in total. The summed E-state index contributed by atoms with van der Waals surface area (Å²) in [6.07, 6.45) is 8.76. The molecule has 2 bridgehead atoms. The molecule has 0 radical (unpaired) electrons. The lowest BCUT2D eigenvalue weighted by Gasteiger charge is -2.19. The Morgan fingerprint density at radius 3 is 3.14 bits per heavy atom. The van der Waals surface area contributed by atoms with E-state index in [0.29, 0.717) is 18.2 Å². The van der Waals surface area contributed by atoms with Gasteiger partial charge in [-0.1, -0.05) is 0 Å². The molecule has 1 aromatic rings. The highest BCUT2D eigenvalue weighted by atomic mass is 16.5. The van der Waals surface area contributed by atoms with E-state index in [4.69, 9.17) is 4.74 Å². The Kier molecular flexibility index (Phi) is 2.07. The van der Waals surface area contributed by atoms with Gasteiger partial charge in [-0.25, -0.2) is 0 Å². The van der Waals surface area contributed by atoms with Gasteiger partial charge in [0.15, 0.2) is 0 Å². The molecule has 76 valence electrons. The number of nitrogens with one attached hydrogen (secondary N) is 2. The predicted molar refractivity (Wildman–Crippen MR) is 53.9 cm³/mol. The second-order valence-electron chi connectivity index (χ2n) is 4.32. The van der Waals surface area contributed by atoms with Crippen LogP contribution >= 0.6 is 0 Å². The van der Waals surface area contributed by atoms with Gasteiger partial charge in [-0.3, -0.25) is 0 Å². The summed E-state index contributed by atoms with van der Waals surface area (Å²) in [7, 11) is 0. The number of hydrogen-bond donors (Lipinski definition) is 2. The van der Waals surface area contributed by atoms with Crippen molar-refractivity contribution in [1.29, 1.82) is 0 Å². The standard InChI is InChI=1S/C11H16N2O/c1-2-11-10(5-9(1)14-11)13-7-8-3-4-12-6-8/h3-4,6,9-13H,1-2,5,7H2/t9?,10-,11?/m0/s1. The van der Waals surface area contributed by atoms with Gasteiger partial charge in [0.1, 0.15) is 0 Å². The van der Waals surface area contributed by atoms with Crippen molar-refractivity contribution in [2.45, 2.75) is 44.1 Å². The van der Waals surface area contributed by atoms with Crippen LogP contribution in [0.15, 0.2) is 18.5 Å². The lowest BCUT2D eigenvalue weighted by molar-refractivity contribution is 0.0973. The summed E-state index contributed by atoms with van der Waals surface area (Å²) in [6, 6.07) is 2.70. The Balaban J connectivity index is 1.54. The topological polar surface area (TPSA) is 37.0 Å². The Bertz CT molecular complexity index is 296. The van der Waals surface area contributed by atoms with E-state index in [2.05, 4.69) is 16.4 Å². The lowest BCUT2D eigenvalue weighted by Crippen LogP contribution is -2.36. The molecule has 3 nitrogen and oxygen atoms in total. The van der Waals surface area contributed by atoms with Crippen LogP contribution in [-0.2, 0) is 11.3 Å². The van der Waals surface area contributed by atoms with Crippen molar-refractivity contribution in [3.63, 3.8) is 0 Å². The largest absolute Gasteiger partial charge is 0.373 e. The number of hydrogen-bond acceptors (Lipinski definition) is 2. The van der Waals surface area contributed by atoms with E-state index in [1.54, 1.807) is 0 Å². The van der Waals surface area contributed by atoms with Crippen LogP contribution < -0.4 is 5.32 Å². The average molecular weight is 192 g/mol. The zero-order chi connectivity index (χ0) is 9.38. The number of H-pyrrole nitrogens is 1. The van der Waals surface area contributed by atoms with Gasteiger partial charge in [0.05, 0.1) is 12.2 Å². The fraction of sp³-hybridized carbons (Fsp3) is 0.636. The fourth-order valence-electron chi connectivity index (χ4n) is 2.57. The highest BCUT2D eigenvalue weighted by molar-refractivity contribution is 5.08. The number of ether oxygens (including phenoxy) is 1. The van der Waals surface area contributed by atoms with Crippen molar-refractivity contribution in [2.24, 2.45) is 0 Å². The van der Waals surface area contributed by atoms with Crippen LogP contribution in [0.1, 0.15) is 24.8 Å². The van der Waals surface area contributed by atoms with Gasteiger partial charge in [0, 0.05) is 25.0 Å². The number of rotatable bonds is 3. The molecule has 0 spiro atoms. The van der Waals surface area contributed by atoms with Crippen molar-refractivity contribution < 1.29 is 4.74 Å². The van der Waals surface area contributed by atoms with Crippen molar-refractivity contribution >= 4 is 0 Å². The minimum absolute atomic E-state index is 0.485. The first kappa shape index (κ1) is 8.50. The van der Waals surface area contributed by atoms with E-state index < -0.39 is 0 Å². The number of aromatic nitrogens is 1. The van der Waals surface area contributed by atoms with Crippen LogP contribution in [0.4, 0.5) is 0 Å². The number of aromatic amines is 1. The SMILES string of the molecule is c1cc(CN[C@H]2CC3CCC2O3)c[nH]1. The van der Waals surface area contributed by atoms with Crippen LogP contribution in [0.2, 0.25) is 0 Å². The molecule has 3 rings (SSSR count). The molecule has 2 unspecified atom stereocenters. The minimum atomic E-state index is 0.485. The van der Waals surface area contributed by atoms with Crippen molar-refractivity contribution in [3.8, 4) is 0 Å². The summed E-state index contributed by atoms with van der Waals surface area (Å²) in [5.41, 5.74) is 1.33. The third-order valence-corrected chi connectivity index (χ3v) is 3.34. The fourth-order valence-corrected chi connectivity index (χ4v) is 2.57. The van der Waals surface area contributed by atoms with Crippen LogP contribution in [0.25, 0.3) is 0 Å². The van der Waals surface area contributed by atoms with Crippen LogP contribution in [0.5, 0.6) is 0 Å². The molecular formula is C11H16N2O. The molecule has 3 heteroatoms. The Morgan fingerprint density at radius 1 is 1.50 bits per heavy atom.